The summed E-state index contributed by atoms with van der Waals surface area (Å²) in [4.78, 5) is 0.202. The van der Waals surface area contributed by atoms with Gasteiger partial charge in [0.25, 0.3) is 0 Å². The fourth-order valence-corrected chi connectivity index (χ4v) is 3.69. The van der Waals surface area contributed by atoms with Crippen molar-refractivity contribution in [3.05, 3.63) is 29.3 Å². The molecule has 0 aliphatic carbocycles. The summed E-state index contributed by atoms with van der Waals surface area (Å²) in [5.41, 5.74) is 1.15. The molecule has 6 heteroatoms. The van der Waals surface area contributed by atoms with Gasteiger partial charge in [0.2, 0.25) is 10.0 Å². The van der Waals surface area contributed by atoms with E-state index in [4.69, 9.17) is 10.00 Å². The first-order chi connectivity index (χ1) is 9.42. The topological polar surface area (TPSA) is 79.2 Å². The lowest BCUT2D eigenvalue weighted by atomic mass is 10.1. The fraction of sp³-hybridized carbons (Fsp3) is 0.500. The van der Waals surface area contributed by atoms with Gasteiger partial charge in [-0.1, -0.05) is 0 Å². The zero-order valence-electron chi connectivity index (χ0n) is 11.6. The summed E-state index contributed by atoms with van der Waals surface area (Å²) in [6.45, 7) is 4.24. The first-order valence-corrected chi connectivity index (χ1v) is 8.05. The number of benzene rings is 1. The Bertz CT molecular complexity index is 634. The maximum atomic E-state index is 12.3. The molecule has 1 N–H and O–H groups in total. The van der Waals surface area contributed by atoms with Crippen LogP contribution in [-0.2, 0) is 14.8 Å². The van der Waals surface area contributed by atoms with Crippen LogP contribution in [0.3, 0.4) is 0 Å². The van der Waals surface area contributed by atoms with Crippen molar-refractivity contribution >= 4 is 10.0 Å². The third kappa shape index (κ3) is 3.37. The predicted molar refractivity (Wildman–Crippen MR) is 74.7 cm³/mol. The van der Waals surface area contributed by atoms with Crippen LogP contribution in [-0.4, -0.2) is 27.2 Å². The van der Waals surface area contributed by atoms with E-state index in [1.165, 1.54) is 18.2 Å². The van der Waals surface area contributed by atoms with Gasteiger partial charge in [0.15, 0.2) is 0 Å². The number of nitriles is 1. The quantitative estimate of drug-likeness (QED) is 0.920. The Labute approximate surface area is 119 Å². The van der Waals surface area contributed by atoms with E-state index in [0.29, 0.717) is 30.6 Å². The molecule has 0 amide bonds. The zero-order valence-corrected chi connectivity index (χ0v) is 12.4. The maximum absolute atomic E-state index is 12.3. The van der Waals surface area contributed by atoms with E-state index in [2.05, 4.69) is 4.72 Å². The van der Waals surface area contributed by atoms with Gasteiger partial charge in [-0.3, -0.25) is 0 Å². The third-order valence-electron chi connectivity index (χ3n) is 3.44. The van der Waals surface area contributed by atoms with Crippen LogP contribution in [0.15, 0.2) is 23.1 Å². The number of sulfonamides is 1. The van der Waals surface area contributed by atoms with E-state index >= 15 is 0 Å². The van der Waals surface area contributed by atoms with Gasteiger partial charge in [-0.05, 0) is 50.5 Å². The van der Waals surface area contributed by atoms with Crippen molar-refractivity contribution in [3.63, 3.8) is 0 Å². The Morgan fingerprint density at radius 3 is 2.80 bits per heavy atom. The summed E-state index contributed by atoms with van der Waals surface area (Å²) in [5, 5.41) is 8.87. The molecule has 0 bridgehead atoms. The summed E-state index contributed by atoms with van der Waals surface area (Å²) >= 11 is 0. The third-order valence-corrected chi connectivity index (χ3v) is 4.95. The Morgan fingerprint density at radius 1 is 1.45 bits per heavy atom. The molecule has 0 aromatic heterocycles. The molecule has 1 aliphatic rings. The molecule has 20 heavy (non-hydrogen) atoms. The van der Waals surface area contributed by atoms with E-state index in [-0.39, 0.29) is 17.0 Å². The first-order valence-electron chi connectivity index (χ1n) is 6.57. The van der Waals surface area contributed by atoms with E-state index in [9.17, 15) is 8.42 Å². The number of ether oxygens (including phenoxy) is 1. The van der Waals surface area contributed by atoms with Crippen LogP contribution in [0.25, 0.3) is 0 Å². The molecule has 1 fully saturated rings. The van der Waals surface area contributed by atoms with Gasteiger partial charge in [0, 0.05) is 12.6 Å². The molecule has 2 rings (SSSR count). The highest BCUT2D eigenvalue weighted by Gasteiger charge is 2.25. The van der Waals surface area contributed by atoms with E-state index in [1.807, 2.05) is 13.0 Å². The SMILES string of the molecule is Cc1cc(S(=O)(=O)NC2CCOC(C)C2)ccc1C#N. The minimum atomic E-state index is -3.55. The number of hydrogen-bond acceptors (Lipinski definition) is 4. The molecular weight excluding hydrogens is 276 g/mol. The van der Waals surface area contributed by atoms with Crippen molar-refractivity contribution in [2.45, 2.75) is 43.7 Å². The summed E-state index contributed by atoms with van der Waals surface area (Å²) in [6, 6.07) is 6.47. The lowest BCUT2D eigenvalue weighted by molar-refractivity contribution is 0.0173. The molecule has 2 atom stereocenters. The van der Waals surface area contributed by atoms with Crippen LogP contribution < -0.4 is 4.72 Å². The molecule has 1 aliphatic heterocycles. The minimum absolute atomic E-state index is 0.0687. The highest BCUT2D eigenvalue weighted by atomic mass is 32.2. The summed E-state index contributed by atoms with van der Waals surface area (Å²) < 4.78 is 32.8. The predicted octanol–water partition coefficient (Wildman–Crippen LogP) is 1.71. The van der Waals surface area contributed by atoms with Crippen molar-refractivity contribution in [1.29, 1.82) is 5.26 Å². The van der Waals surface area contributed by atoms with Crippen LogP contribution in [0, 0.1) is 18.3 Å². The second-order valence-corrected chi connectivity index (χ2v) is 6.83. The molecule has 108 valence electrons. The molecule has 1 aromatic rings. The zero-order chi connectivity index (χ0) is 14.8. The second kappa shape index (κ2) is 5.92. The molecule has 0 radical (unpaired) electrons. The summed E-state index contributed by atoms with van der Waals surface area (Å²) in [5.74, 6) is 0. The maximum Gasteiger partial charge on any atom is 0.240 e. The van der Waals surface area contributed by atoms with Crippen LogP contribution >= 0.6 is 0 Å². The second-order valence-electron chi connectivity index (χ2n) is 5.11. The van der Waals surface area contributed by atoms with Gasteiger partial charge in [-0.25, -0.2) is 13.1 Å². The Morgan fingerprint density at radius 2 is 2.20 bits per heavy atom. The Kier molecular flexibility index (Phi) is 4.43. The molecule has 1 heterocycles. The van der Waals surface area contributed by atoms with Gasteiger partial charge in [-0.15, -0.1) is 0 Å². The highest BCUT2D eigenvalue weighted by Crippen LogP contribution is 2.18. The lowest BCUT2D eigenvalue weighted by Gasteiger charge is -2.27. The normalized spacial score (nSPS) is 23.2. The number of aryl methyl sites for hydroxylation is 1. The van der Waals surface area contributed by atoms with Gasteiger partial charge in [0.05, 0.1) is 22.6 Å². The Hall–Kier alpha value is -1.42. The summed E-state index contributed by atoms with van der Waals surface area (Å²) in [6.07, 6.45) is 1.42. The van der Waals surface area contributed by atoms with Crippen molar-refractivity contribution in [1.82, 2.24) is 4.72 Å². The molecule has 5 nitrogen and oxygen atoms in total. The van der Waals surface area contributed by atoms with Gasteiger partial charge < -0.3 is 4.74 Å². The number of nitrogens with one attached hydrogen (secondary N) is 1. The Balaban J connectivity index is 2.18. The number of hydrogen-bond donors (Lipinski definition) is 1. The lowest BCUT2D eigenvalue weighted by Crippen LogP contribution is -2.41. The van der Waals surface area contributed by atoms with Crippen molar-refractivity contribution in [2.24, 2.45) is 0 Å². The summed E-state index contributed by atoms with van der Waals surface area (Å²) in [7, 11) is -3.55. The van der Waals surface area contributed by atoms with Crippen LogP contribution in [0.1, 0.15) is 30.9 Å². The molecule has 0 spiro atoms. The van der Waals surface area contributed by atoms with E-state index in [1.54, 1.807) is 6.92 Å². The monoisotopic (exact) mass is 294 g/mol. The molecule has 2 unspecified atom stereocenters. The van der Waals surface area contributed by atoms with Gasteiger partial charge >= 0.3 is 0 Å². The number of nitrogens with zero attached hydrogens (tertiary/aromatic N) is 1. The standard InChI is InChI=1S/C14H18N2O3S/c1-10-7-14(4-3-12(10)9-15)20(17,18)16-13-5-6-19-11(2)8-13/h3-4,7,11,13,16H,5-6,8H2,1-2H3. The first kappa shape index (κ1) is 15.0. The largest absolute Gasteiger partial charge is 0.378 e. The molecule has 0 saturated carbocycles. The van der Waals surface area contributed by atoms with Crippen LogP contribution in [0.2, 0.25) is 0 Å². The van der Waals surface area contributed by atoms with Crippen molar-refractivity contribution < 1.29 is 13.2 Å². The van der Waals surface area contributed by atoms with Crippen molar-refractivity contribution in [3.8, 4) is 6.07 Å². The molecule has 1 aromatic carbocycles. The smallest absolute Gasteiger partial charge is 0.240 e. The highest BCUT2D eigenvalue weighted by molar-refractivity contribution is 7.89. The minimum Gasteiger partial charge on any atom is -0.378 e. The van der Waals surface area contributed by atoms with E-state index < -0.39 is 10.0 Å². The average molecular weight is 294 g/mol. The number of rotatable bonds is 3. The van der Waals surface area contributed by atoms with Crippen LogP contribution in [0.4, 0.5) is 0 Å². The molecular formula is C14H18N2O3S. The average Bonchev–Trinajstić information content (AvgIpc) is 2.38. The van der Waals surface area contributed by atoms with Gasteiger partial charge in [0.1, 0.15) is 0 Å². The van der Waals surface area contributed by atoms with Gasteiger partial charge in [-0.2, -0.15) is 5.26 Å². The fourth-order valence-electron chi connectivity index (χ4n) is 2.32. The molecule has 1 saturated heterocycles. The van der Waals surface area contributed by atoms with Crippen LogP contribution in [0.5, 0.6) is 0 Å². The van der Waals surface area contributed by atoms with E-state index in [0.717, 1.165) is 0 Å². The van der Waals surface area contributed by atoms with Crippen molar-refractivity contribution in [2.75, 3.05) is 6.61 Å².